The average Bonchev–Trinajstić information content (AvgIpc) is 3.34. The number of halogens is 1. The van der Waals surface area contributed by atoms with E-state index in [4.69, 9.17) is 14.0 Å². The van der Waals surface area contributed by atoms with E-state index in [2.05, 4.69) is 15.0 Å². The number of anilines is 1. The first-order valence-corrected chi connectivity index (χ1v) is 12.4. The maximum atomic E-state index is 14.0. The van der Waals surface area contributed by atoms with Crippen molar-refractivity contribution >= 4 is 15.9 Å². The second-order valence-electron chi connectivity index (χ2n) is 8.41. The van der Waals surface area contributed by atoms with Crippen LogP contribution in [-0.4, -0.2) is 51.6 Å². The number of rotatable bonds is 9. The van der Waals surface area contributed by atoms with Gasteiger partial charge < -0.3 is 18.9 Å². The first-order valence-electron chi connectivity index (χ1n) is 10.5. The van der Waals surface area contributed by atoms with E-state index in [1.54, 1.807) is 7.11 Å². The van der Waals surface area contributed by atoms with E-state index in [9.17, 15) is 12.8 Å². The van der Waals surface area contributed by atoms with Crippen LogP contribution in [0.1, 0.15) is 31.5 Å². The van der Waals surface area contributed by atoms with Crippen LogP contribution in [-0.2, 0) is 21.2 Å². The first kappa shape index (κ1) is 22.0. The Morgan fingerprint density at radius 3 is 2.74 bits per heavy atom. The van der Waals surface area contributed by atoms with Crippen molar-refractivity contribution in [1.82, 2.24) is 10.1 Å². The second kappa shape index (κ2) is 9.12. The quantitative estimate of drug-likeness (QED) is 0.572. The van der Waals surface area contributed by atoms with Gasteiger partial charge in [0.05, 0.1) is 6.61 Å². The van der Waals surface area contributed by atoms with Crippen LogP contribution in [0.4, 0.5) is 10.4 Å². The molecule has 0 spiro atoms. The molecule has 1 aliphatic carbocycles. The van der Waals surface area contributed by atoms with Gasteiger partial charge in [-0.05, 0) is 55.6 Å². The van der Waals surface area contributed by atoms with E-state index in [1.165, 1.54) is 18.6 Å². The summed E-state index contributed by atoms with van der Waals surface area (Å²) < 4.78 is 53.0. The molecule has 1 aromatic carbocycles. The van der Waals surface area contributed by atoms with Gasteiger partial charge in [-0.25, -0.2) is 12.8 Å². The molecule has 1 saturated carbocycles. The van der Waals surface area contributed by atoms with Crippen molar-refractivity contribution in [1.29, 1.82) is 0 Å². The molecule has 2 heterocycles. The zero-order chi connectivity index (χ0) is 22.0. The normalized spacial score (nSPS) is 22.0. The lowest BCUT2D eigenvalue weighted by atomic mass is 9.91. The molecule has 8 nitrogen and oxygen atoms in total. The predicted molar refractivity (Wildman–Crippen MR) is 111 cm³/mol. The standard InChI is InChI=1S/C21H28FN3O5S/c1-28-13-20-23-21(30-24-20)25-8-5-14(6-9-25)17-11-15(17)7-10-29-16-3-4-19(18(22)12-16)31(2,26)27/h3-4,12,14-15,17H,5-11,13H2,1-2H3/t15-,17-/m1/s1. The van der Waals surface area contributed by atoms with Crippen molar-refractivity contribution in [2.75, 3.05) is 38.0 Å². The highest BCUT2D eigenvalue weighted by atomic mass is 32.2. The molecule has 0 radical (unpaired) electrons. The monoisotopic (exact) mass is 453 g/mol. The number of ether oxygens (including phenoxy) is 2. The minimum Gasteiger partial charge on any atom is -0.493 e. The Morgan fingerprint density at radius 1 is 1.29 bits per heavy atom. The van der Waals surface area contributed by atoms with E-state index in [1.807, 2.05) is 0 Å². The third-order valence-corrected chi connectivity index (χ3v) is 7.31. The van der Waals surface area contributed by atoms with Gasteiger partial charge in [-0.15, -0.1) is 0 Å². The molecule has 2 fully saturated rings. The molecule has 10 heteroatoms. The van der Waals surface area contributed by atoms with E-state index in [0.717, 1.165) is 44.7 Å². The highest BCUT2D eigenvalue weighted by Gasteiger charge is 2.43. The molecule has 0 unspecified atom stereocenters. The lowest BCUT2D eigenvalue weighted by Crippen LogP contribution is -2.34. The summed E-state index contributed by atoms with van der Waals surface area (Å²) in [6, 6.07) is 4.48. The highest BCUT2D eigenvalue weighted by molar-refractivity contribution is 7.90. The van der Waals surface area contributed by atoms with Gasteiger partial charge in [-0.1, -0.05) is 5.16 Å². The van der Waals surface area contributed by atoms with Gasteiger partial charge in [0.1, 0.15) is 23.1 Å². The van der Waals surface area contributed by atoms with Gasteiger partial charge in [0, 0.05) is 32.5 Å². The van der Waals surface area contributed by atoms with Crippen molar-refractivity contribution in [2.24, 2.45) is 17.8 Å². The molecule has 4 rings (SSSR count). The van der Waals surface area contributed by atoms with Crippen molar-refractivity contribution in [3.8, 4) is 5.75 Å². The molecule has 0 N–H and O–H groups in total. The molecule has 31 heavy (non-hydrogen) atoms. The fraction of sp³-hybridized carbons (Fsp3) is 0.619. The van der Waals surface area contributed by atoms with Crippen LogP contribution in [0, 0.1) is 23.6 Å². The summed E-state index contributed by atoms with van der Waals surface area (Å²) in [6.07, 6.45) is 5.31. The fourth-order valence-corrected chi connectivity index (χ4v) is 5.19. The van der Waals surface area contributed by atoms with Crippen LogP contribution < -0.4 is 9.64 Å². The third kappa shape index (κ3) is 5.35. The molecule has 0 bridgehead atoms. The Morgan fingerprint density at radius 2 is 2.06 bits per heavy atom. The molecule has 1 saturated heterocycles. The summed E-state index contributed by atoms with van der Waals surface area (Å²) in [5, 5.41) is 3.92. The smallest absolute Gasteiger partial charge is 0.324 e. The molecule has 2 atom stereocenters. The summed E-state index contributed by atoms with van der Waals surface area (Å²) in [5.41, 5.74) is 0. The third-order valence-electron chi connectivity index (χ3n) is 6.18. The van der Waals surface area contributed by atoms with Crippen molar-refractivity contribution in [2.45, 2.75) is 37.2 Å². The molecular weight excluding hydrogens is 425 g/mol. The van der Waals surface area contributed by atoms with E-state index in [0.29, 0.717) is 48.6 Å². The predicted octanol–water partition coefficient (Wildman–Crippen LogP) is 3.08. The maximum absolute atomic E-state index is 14.0. The number of piperidine rings is 1. The molecule has 170 valence electrons. The van der Waals surface area contributed by atoms with Crippen LogP contribution in [0.5, 0.6) is 5.75 Å². The number of nitrogens with zero attached hydrogens (tertiary/aromatic N) is 3. The van der Waals surface area contributed by atoms with Gasteiger partial charge in [0.15, 0.2) is 15.7 Å². The van der Waals surface area contributed by atoms with Crippen LogP contribution in [0.15, 0.2) is 27.6 Å². The largest absolute Gasteiger partial charge is 0.493 e. The number of hydrogen-bond acceptors (Lipinski definition) is 8. The fourth-order valence-electron chi connectivity index (χ4n) is 4.46. The van der Waals surface area contributed by atoms with Crippen molar-refractivity contribution in [3.63, 3.8) is 0 Å². The van der Waals surface area contributed by atoms with Gasteiger partial charge in [-0.2, -0.15) is 4.98 Å². The molecule has 0 amide bonds. The number of aromatic nitrogens is 2. The first-order chi connectivity index (χ1) is 14.8. The van der Waals surface area contributed by atoms with E-state index < -0.39 is 15.7 Å². The van der Waals surface area contributed by atoms with Crippen LogP contribution >= 0.6 is 0 Å². The van der Waals surface area contributed by atoms with Crippen LogP contribution in [0.2, 0.25) is 0 Å². The summed E-state index contributed by atoms with van der Waals surface area (Å²) in [5.74, 6) is 2.19. The van der Waals surface area contributed by atoms with Crippen LogP contribution in [0.25, 0.3) is 0 Å². The maximum Gasteiger partial charge on any atom is 0.324 e. The Balaban J connectivity index is 1.19. The highest BCUT2D eigenvalue weighted by Crippen LogP contribution is 2.50. The van der Waals surface area contributed by atoms with E-state index in [-0.39, 0.29) is 4.90 Å². The summed E-state index contributed by atoms with van der Waals surface area (Å²) in [6.45, 7) is 2.66. The van der Waals surface area contributed by atoms with Crippen molar-refractivity contribution < 1.29 is 26.8 Å². The number of benzene rings is 1. The number of sulfone groups is 1. The Hall–Kier alpha value is -2.20. The molecule has 2 aromatic rings. The van der Waals surface area contributed by atoms with Crippen LogP contribution in [0.3, 0.4) is 0 Å². The van der Waals surface area contributed by atoms with Gasteiger partial charge in [0.2, 0.25) is 0 Å². The molecule has 1 aromatic heterocycles. The molecular formula is C21H28FN3O5S. The van der Waals surface area contributed by atoms with Gasteiger partial charge in [-0.3, -0.25) is 0 Å². The van der Waals surface area contributed by atoms with Gasteiger partial charge in [0.25, 0.3) is 0 Å². The average molecular weight is 454 g/mol. The van der Waals surface area contributed by atoms with Crippen molar-refractivity contribution in [3.05, 3.63) is 29.8 Å². The van der Waals surface area contributed by atoms with E-state index >= 15 is 0 Å². The Kier molecular flexibility index (Phi) is 6.47. The Bertz CT molecular complexity index is 1000. The molecule has 1 aliphatic heterocycles. The zero-order valence-corrected chi connectivity index (χ0v) is 18.6. The lowest BCUT2D eigenvalue weighted by molar-refractivity contribution is 0.174. The summed E-state index contributed by atoms with van der Waals surface area (Å²) in [4.78, 5) is 6.20. The minimum atomic E-state index is -3.57. The summed E-state index contributed by atoms with van der Waals surface area (Å²) >= 11 is 0. The topological polar surface area (TPSA) is 94.8 Å². The number of methoxy groups -OCH3 is 1. The number of hydrogen-bond donors (Lipinski definition) is 0. The zero-order valence-electron chi connectivity index (χ0n) is 17.8. The minimum absolute atomic E-state index is 0.302. The lowest BCUT2D eigenvalue weighted by Gasteiger charge is -2.30. The summed E-state index contributed by atoms with van der Waals surface area (Å²) in [7, 11) is -1.97. The SMILES string of the molecule is COCc1noc(N2CCC([C@H]3C[C@H]3CCOc3ccc(S(C)(=O)=O)c(F)c3)CC2)n1. The van der Waals surface area contributed by atoms with Gasteiger partial charge >= 0.3 is 6.01 Å². The molecule has 2 aliphatic rings. The second-order valence-corrected chi connectivity index (χ2v) is 10.4. The Labute approximate surface area is 181 Å².